The number of nitrogens with two attached hydrogens (primary N) is 1. The van der Waals surface area contributed by atoms with E-state index in [1.165, 1.54) is 36.6 Å². The lowest BCUT2D eigenvalue weighted by molar-refractivity contribution is -0.386. The molecule has 0 spiro atoms. The van der Waals surface area contributed by atoms with Gasteiger partial charge in [-0.25, -0.2) is 5.84 Å². The number of nitrogen functional groups attached to an aromatic ring is 1. The van der Waals surface area contributed by atoms with Crippen LogP contribution in [0.5, 0.6) is 11.5 Å². The van der Waals surface area contributed by atoms with Crippen molar-refractivity contribution in [1.82, 2.24) is 10.2 Å². The van der Waals surface area contributed by atoms with Crippen molar-refractivity contribution in [2.75, 3.05) is 12.5 Å². The van der Waals surface area contributed by atoms with Crippen LogP contribution in [0.2, 0.25) is 0 Å². The van der Waals surface area contributed by atoms with Crippen molar-refractivity contribution in [3.05, 3.63) is 33.3 Å². The molecule has 0 amide bonds. The first-order valence-corrected chi connectivity index (χ1v) is 6.20. The monoisotopic (exact) mass is 297 g/mol. The molecule has 3 N–H and O–H groups in total. The van der Waals surface area contributed by atoms with E-state index in [0.717, 1.165) is 0 Å². The number of rotatable bonds is 6. The lowest BCUT2D eigenvalue weighted by Crippen LogP contribution is -2.05. The summed E-state index contributed by atoms with van der Waals surface area (Å²) >= 11 is 1.19. The van der Waals surface area contributed by atoms with Gasteiger partial charge in [0, 0.05) is 12.1 Å². The molecule has 1 aromatic heterocycles. The number of hydrogen-bond acceptors (Lipinski definition) is 9. The zero-order valence-electron chi connectivity index (χ0n) is 10.4. The minimum atomic E-state index is -0.526. The Morgan fingerprint density at radius 1 is 1.50 bits per heavy atom. The number of hydrogen-bond donors (Lipinski definition) is 2. The maximum atomic E-state index is 10.9. The number of nitrogens with one attached hydrogen (secondary N) is 1. The molecule has 0 atom stereocenters. The molecule has 0 radical (unpaired) electrons. The normalized spacial score (nSPS) is 10.1. The fraction of sp³-hybridized carbons (Fsp3) is 0.200. The van der Waals surface area contributed by atoms with Gasteiger partial charge in [0.05, 0.1) is 12.0 Å². The number of benzene rings is 1. The number of hydrazine groups is 1. The van der Waals surface area contributed by atoms with Crippen molar-refractivity contribution in [3.63, 3.8) is 0 Å². The topological polar surface area (TPSA) is 125 Å². The van der Waals surface area contributed by atoms with Crippen LogP contribution in [-0.4, -0.2) is 22.2 Å². The molecule has 0 aliphatic heterocycles. The second-order valence-corrected chi connectivity index (χ2v) is 4.59. The highest BCUT2D eigenvalue weighted by molar-refractivity contribution is 7.15. The maximum absolute atomic E-state index is 10.9. The van der Waals surface area contributed by atoms with Gasteiger partial charge in [-0.2, -0.15) is 0 Å². The van der Waals surface area contributed by atoms with Crippen molar-refractivity contribution in [2.24, 2.45) is 5.84 Å². The molecule has 2 aromatic rings. The predicted octanol–water partition coefficient (Wildman–Crippen LogP) is 1.32. The van der Waals surface area contributed by atoms with E-state index >= 15 is 0 Å². The van der Waals surface area contributed by atoms with Crippen LogP contribution in [0.4, 0.5) is 10.8 Å². The van der Waals surface area contributed by atoms with Gasteiger partial charge in [-0.05, 0) is 6.07 Å². The minimum Gasteiger partial charge on any atom is -0.497 e. The van der Waals surface area contributed by atoms with E-state index < -0.39 is 4.92 Å². The van der Waals surface area contributed by atoms with Gasteiger partial charge in [0.25, 0.3) is 0 Å². The van der Waals surface area contributed by atoms with Crippen molar-refractivity contribution < 1.29 is 14.4 Å². The van der Waals surface area contributed by atoms with E-state index in [1.807, 2.05) is 0 Å². The molecular weight excluding hydrogens is 286 g/mol. The molecule has 1 aromatic carbocycles. The average Bonchev–Trinajstić information content (AvgIpc) is 2.92. The van der Waals surface area contributed by atoms with Crippen LogP contribution in [0.3, 0.4) is 0 Å². The van der Waals surface area contributed by atoms with Crippen molar-refractivity contribution in [1.29, 1.82) is 0 Å². The molecule has 2 rings (SSSR count). The molecule has 0 saturated heterocycles. The summed E-state index contributed by atoms with van der Waals surface area (Å²) in [5.41, 5.74) is 2.21. The minimum absolute atomic E-state index is 0.0490. The molecule has 10 heteroatoms. The van der Waals surface area contributed by atoms with Crippen molar-refractivity contribution >= 4 is 22.2 Å². The van der Waals surface area contributed by atoms with E-state index in [9.17, 15) is 10.1 Å². The van der Waals surface area contributed by atoms with Gasteiger partial charge in [0.15, 0.2) is 5.01 Å². The maximum Gasteiger partial charge on any atom is 0.311 e. The third-order valence-electron chi connectivity index (χ3n) is 2.31. The van der Waals surface area contributed by atoms with Gasteiger partial charge < -0.3 is 9.47 Å². The van der Waals surface area contributed by atoms with Crippen LogP contribution in [0, 0.1) is 10.1 Å². The summed E-state index contributed by atoms with van der Waals surface area (Å²) < 4.78 is 10.4. The van der Waals surface area contributed by atoms with Gasteiger partial charge in [-0.3, -0.25) is 15.5 Å². The Morgan fingerprint density at radius 2 is 2.30 bits per heavy atom. The Labute approximate surface area is 117 Å². The van der Waals surface area contributed by atoms with Crippen LogP contribution in [0.15, 0.2) is 18.2 Å². The summed E-state index contributed by atoms with van der Waals surface area (Å²) in [6.45, 7) is 0.0490. The van der Waals surface area contributed by atoms with Gasteiger partial charge in [-0.1, -0.05) is 11.3 Å². The van der Waals surface area contributed by atoms with E-state index in [4.69, 9.17) is 15.3 Å². The molecular formula is C10H11N5O4S. The third-order valence-corrected chi connectivity index (χ3v) is 3.13. The number of nitrogens with zero attached hydrogens (tertiary/aromatic N) is 3. The standard InChI is InChI=1S/C10H11N5O4S/c1-18-6-2-3-7(15(16)17)8(4-6)19-5-9-13-14-10(12-11)20-9/h2-4H,5,11H2,1H3,(H,12,14). The average molecular weight is 297 g/mol. The Bertz CT molecular complexity index is 617. The highest BCUT2D eigenvalue weighted by atomic mass is 32.1. The molecule has 0 aliphatic rings. The number of aromatic nitrogens is 2. The van der Waals surface area contributed by atoms with Crippen LogP contribution < -0.4 is 20.7 Å². The number of methoxy groups -OCH3 is 1. The fourth-order valence-electron chi connectivity index (χ4n) is 1.40. The van der Waals surface area contributed by atoms with Crippen molar-refractivity contribution in [3.8, 4) is 11.5 Å². The smallest absolute Gasteiger partial charge is 0.311 e. The SMILES string of the molecule is COc1ccc([N+](=O)[O-])c(OCc2nnc(NN)s2)c1. The lowest BCUT2D eigenvalue weighted by Gasteiger charge is -2.06. The quantitative estimate of drug-likeness (QED) is 0.464. The lowest BCUT2D eigenvalue weighted by atomic mass is 10.3. The first-order valence-electron chi connectivity index (χ1n) is 5.38. The van der Waals surface area contributed by atoms with Gasteiger partial charge in [0.1, 0.15) is 12.4 Å². The summed E-state index contributed by atoms with van der Waals surface area (Å²) in [6, 6.07) is 4.26. The molecule has 0 fully saturated rings. The highest BCUT2D eigenvalue weighted by Crippen LogP contribution is 2.31. The first kappa shape index (κ1) is 14.0. The predicted molar refractivity (Wildman–Crippen MR) is 71.7 cm³/mol. The van der Waals surface area contributed by atoms with Crippen LogP contribution in [-0.2, 0) is 6.61 Å². The molecule has 1 heterocycles. The highest BCUT2D eigenvalue weighted by Gasteiger charge is 2.17. The molecule has 0 aliphatic carbocycles. The fourth-order valence-corrected chi connectivity index (χ4v) is 1.96. The van der Waals surface area contributed by atoms with E-state index in [-0.39, 0.29) is 18.0 Å². The molecule has 0 saturated carbocycles. The second kappa shape index (κ2) is 6.12. The summed E-state index contributed by atoms with van der Waals surface area (Å²) in [4.78, 5) is 10.4. The summed E-state index contributed by atoms with van der Waals surface area (Å²) in [5.74, 6) is 5.75. The third kappa shape index (κ3) is 3.10. The Morgan fingerprint density at radius 3 is 2.90 bits per heavy atom. The Balaban J connectivity index is 2.16. The molecule has 106 valence electrons. The first-order chi connectivity index (χ1) is 9.63. The van der Waals surface area contributed by atoms with Crippen LogP contribution in [0.1, 0.15) is 5.01 Å². The summed E-state index contributed by atoms with van der Waals surface area (Å²) in [6.07, 6.45) is 0. The molecule has 9 nitrogen and oxygen atoms in total. The van der Waals surface area contributed by atoms with E-state index in [1.54, 1.807) is 0 Å². The largest absolute Gasteiger partial charge is 0.497 e. The number of nitro groups is 1. The number of nitro benzene ring substituents is 1. The van der Waals surface area contributed by atoms with Crippen molar-refractivity contribution in [2.45, 2.75) is 6.61 Å². The van der Waals surface area contributed by atoms with Gasteiger partial charge >= 0.3 is 5.69 Å². The van der Waals surface area contributed by atoms with Gasteiger partial charge in [-0.15, -0.1) is 10.2 Å². The summed E-state index contributed by atoms with van der Waals surface area (Å²) in [5, 5.41) is 19.4. The second-order valence-electron chi connectivity index (χ2n) is 3.52. The molecule has 0 bridgehead atoms. The van der Waals surface area contributed by atoms with E-state index in [0.29, 0.717) is 15.9 Å². The number of anilines is 1. The van der Waals surface area contributed by atoms with Crippen LogP contribution in [0.25, 0.3) is 0 Å². The Hall–Kier alpha value is -2.46. The van der Waals surface area contributed by atoms with Gasteiger partial charge in [0.2, 0.25) is 10.9 Å². The Kier molecular flexibility index (Phi) is 4.27. The molecule has 20 heavy (non-hydrogen) atoms. The van der Waals surface area contributed by atoms with Crippen LogP contribution >= 0.6 is 11.3 Å². The molecule has 0 unspecified atom stereocenters. The number of ether oxygens (including phenoxy) is 2. The van der Waals surface area contributed by atoms with E-state index in [2.05, 4.69) is 15.6 Å². The zero-order valence-corrected chi connectivity index (χ0v) is 11.2. The summed E-state index contributed by atoms with van der Waals surface area (Å²) in [7, 11) is 1.47. The zero-order chi connectivity index (χ0) is 14.5.